The monoisotopic (exact) mass is 627 g/mol. The van der Waals surface area contributed by atoms with Gasteiger partial charge in [-0.2, -0.15) is 10.5 Å². The Hall–Kier alpha value is -5.14. The van der Waals surface area contributed by atoms with Gasteiger partial charge in [-0.3, -0.25) is 9.69 Å². The number of carboxylic acids is 1. The minimum Gasteiger partial charge on any atom is -0.484 e. The van der Waals surface area contributed by atoms with E-state index in [1.165, 1.54) is 24.3 Å². The number of hydrogen-bond donors (Lipinski definition) is 1. The highest BCUT2D eigenvalue weighted by Crippen LogP contribution is 2.50. The number of piperidine rings is 1. The summed E-state index contributed by atoms with van der Waals surface area (Å²) in [6, 6.07) is 14.1. The van der Waals surface area contributed by atoms with Gasteiger partial charge in [0.2, 0.25) is 5.88 Å². The summed E-state index contributed by atoms with van der Waals surface area (Å²) in [6.07, 6.45) is 3.41. The number of nitrogens with zero attached hydrogens (tertiary/aromatic N) is 7. The molecule has 2 aliphatic rings. The quantitative estimate of drug-likeness (QED) is 0.229. The molecule has 0 bridgehead atoms. The summed E-state index contributed by atoms with van der Waals surface area (Å²) >= 11 is 0. The zero-order valence-electron chi connectivity index (χ0n) is 25.0. The Labute approximate surface area is 263 Å². The fraction of sp³-hybridized carbons (Fsp3) is 0.394. The van der Waals surface area contributed by atoms with Crippen molar-refractivity contribution in [3.63, 3.8) is 0 Å². The highest BCUT2D eigenvalue weighted by Gasteiger charge is 2.43. The van der Waals surface area contributed by atoms with Crippen molar-refractivity contribution in [3.8, 4) is 23.8 Å². The molecule has 6 rings (SSSR count). The van der Waals surface area contributed by atoms with Crippen LogP contribution in [0.4, 0.5) is 8.78 Å². The predicted octanol–water partition coefficient (Wildman–Crippen LogP) is 4.92. The third-order valence-corrected chi connectivity index (χ3v) is 8.47. The topological polar surface area (TPSA) is 150 Å². The molecule has 4 aromatic rings. The highest BCUT2D eigenvalue weighted by atomic mass is 19.1. The van der Waals surface area contributed by atoms with E-state index in [1.54, 1.807) is 12.1 Å². The number of likely N-dealkylation sites (tertiary alicyclic amines) is 1. The van der Waals surface area contributed by atoms with E-state index < -0.39 is 17.6 Å². The second-order valence-corrected chi connectivity index (χ2v) is 11.9. The van der Waals surface area contributed by atoms with E-state index in [0.717, 1.165) is 24.7 Å². The molecule has 3 aromatic heterocycles. The number of aliphatic carboxylic acids is 1. The molecule has 1 N–H and O–H groups in total. The molecule has 0 radical (unpaired) electrons. The summed E-state index contributed by atoms with van der Waals surface area (Å²) in [6.45, 7) is 2.28. The van der Waals surface area contributed by atoms with Crippen LogP contribution in [0.15, 0.2) is 42.5 Å². The van der Waals surface area contributed by atoms with Crippen LogP contribution in [0.1, 0.15) is 54.9 Å². The minimum atomic E-state index is -0.953. The van der Waals surface area contributed by atoms with Gasteiger partial charge in [0.1, 0.15) is 35.6 Å². The number of carbonyl (C=O) groups is 1. The first kappa shape index (κ1) is 30.9. The molecule has 236 valence electrons. The normalized spacial score (nSPS) is 16.1. The molecule has 1 aliphatic carbocycles. The van der Waals surface area contributed by atoms with E-state index >= 15 is 0 Å². The fourth-order valence-corrected chi connectivity index (χ4v) is 5.72. The number of carboxylic acid groups (broad SMARTS) is 1. The van der Waals surface area contributed by atoms with Crippen molar-refractivity contribution in [2.75, 3.05) is 13.1 Å². The van der Waals surface area contributed by atoms with Gasteiger partial charge in [-0.15, -0.1) is 0 Å². The molecule has 11 nitrogen and oxygen atoms in total. The Morgan fingerprint density at radius 1 is 1.04 bits per heavy atom. The van der Waals surface area contributed by atoms with Gasteiger partial charge < -0.3 is 19.1 Å². The van der Waals surface area contributed by atoms with Crippen molar-refractivity contribution >= 4 is 17.1 Å². The zero-order valence-corrected chi connectivity index (χ0v) is 25.0. The number of hydrogen-bond acceptors (Lipinski definition) is 9. The number of halogens is 2. The molecule has 13 heteroatoms. The smallest absolute Gasteiger partial charge is 0.309 e. The standard InChI is InChI=1S/C33H31F2N7O4/c34-24-3-6-30(40-27(24)19-45-28-5-1-21(17-37)15-25(28)35)46-23-7-13-41(14-8-23)18-29-39-26-4-2-22(16-31(43)44)38-32(26)42(29)20-33(9-10-33)11-12-36/h1-6,15,23H,7-11,13-14,16,18-20H2,(H,43,44). The average molecular weight is 628 g/mol. The van der Waals surface area contributed by atoms with Crippen LogP contribution < -0.4 is 9.47 Å². The molecule has 0 unspecified atom stereocenters. The summed E-state index contributed by atoms with van der Waals surface area (Å²) in [5.74, 6) is -1.32. The van der Waals surface area contributed by atoms with Gasteiger partial charge in [0, 0.05) is 37.5 Å². The van der Waals surface area contributed by atoms with Gasteiger partial charge in [0.25, 0.3) is 0 Å². The predicted molar refractivity (Wildman–Crippen MR) is 159 cm³/mol. The van der Waals surface area contributed by atoms with Crippen LogP contribution in [0.2, 0.25) is 0 Å². The lowest BCUT2D eigenvalue weighted by Crippen LogP contribution is -2.38. The lowest BCUT2D eigenvalue weighted by Gasteiger charge is -2.32. The highest BCUT2D eigenvalue weighted by molar-refractivity contribution is 5.74. The number of benzene rings is 1. The Bertz CT molecular complexity index is 1850. The minimum absolute atomic E-state index is 0.0254. The number of fused-ring (bicyclic) bond motifs is 1. The summed E-state index contributed by atoms with van der Waals surface area (Å²) in [5.41, 5.74) is 1.81. The van der Waals surface area contributed by atoms with Gasteiger partial charge in [0.15, 0.2) is 17.2 Å². The maximum Gasteiger partial charge on any atom is 0.309 e. The van der Waals surface area contributed by atoms with Crippen molar-refractivity contribution < 1.29 is 28.2 Å². The molecule has 1 saturated heterocycles. The third kappa shape index (κ3) is 7.05. The van der Waals surface area contributed by atoms with Crippen LogP contribution in [0.3, 0.4) is 0 Å². The van der Waals surface area contributed by atoms with E-state index in [2.05, 4.69) is 25.5 Å². The molecule has 1 aliphatic heterocycles. The first-order valence-electron chi connectivity index (χ1n) is 15.0. The van der Waals surface area contributed by atoms with Crippen molar-refractivity contribution in [2.24, 2.45) is 5.41 Å². The van der Waals surface area contributed by atoms with E-state index in [1.807, 2.05) is 6.07 Å². The Kier molecular flexibility index (Phi) is 8.77. The van der Waals surface area contributed by atoms with Crippen LogP contribution in [-0.2, 0) is 30.9 Å². The van der Waals surface area contributed by atoms with Gasteiger partial charge in [-0.25, -0.2) is 23.7 Å². The van der Waals surface area contributed by atoms with E-state index in [0.29, 0.717) is 62.3 Å². The number of aromatic nitrogens is 4. The summed E-state index contributed by atoms with van der Waals surface area (Å²) in [7, 11) is 0. The largest absolute Gasteiger partial charge is 0.484 e. The van der Waals surface area contributed by atoms with Crippen molar-refractivity contribution in [1.82, 2.24) is 24.4 Å². The van der Waals surface area contributed by atoms with Crippen LogP contribution in [-0.4, -0.2) is 54.7 Å². The SMILES string of the molecule is N#CCC1(Cn2c(CN3CCC(Oc4ccc(F)c(COc5ccc(C#N)cc5F)n4)CC3)nc3ccc(CC(=O)O)nc32)CC1. The Morgan fingerprint density at radius 3 is 2.54 bits per heavy atom. The molecule has 1 saturated carbocycles. The number of pyridine rings is 2. The maximum absolute atomic E-state index is 14.5. The summed E-state index contributed by atoms with van der Waals surface area (Å²) in [5, 5.41) is 27.6. The molecular weight excluding hydrogens is 596 g/mol. The number of ether oxygens (including phenoxy) is 2. The zero-order chi connectivity index (χ0) is 32.3. The van der Waals surface area contributed by atoms with Crippen molar-refractivity contribution in [2.45, 2.75) is 64.3 Å². The van der Waals surface area contributed by atoms with E-state index in [4.69, 9.17) is 19.7 Å². The molecule has 0 atom stereocenters. The van der Waals surface area contributed by atoms with Crippen LogP contribution in [0.5, 0.6) is 11.6 Å². The van der Waals surface area contributed by atoms with Gasteiger partial charge in [-0.1, -0.05) is 0 Å². The second kappa shape index (κ2) is 13.1. The van der Waals surface area contributed by atoms with Crippen LogP contribution >= 0.6 is 0 Å². The molecular formula is C33H31F2N7O4. The lowest BCUT2D eigenvalue weighted by atomic mass is 10.0. The molecule has 0 spiro atoms. The number of imidazole rings is 1. The Morgan fingerprint density at radius 2 is 1.85 bits per heavy atom. The Balaban J connectivity index is 1.09. The summed E-state index contributed by atoms with van der Waals surface area (Å²) < 4.78 is 42.2. The number of rotatable bonds is 12. The second-order valence-electron chi connectivity index (χ2n) is 11.9. The molecule has 1 aromatic carbocycles. The average Bonchev–Trinajstić information content (AvgIpc) is 3.72. The van der Waals surface area contributed by atoms with E-state index in [9.17, 15) is 23.9 Å². The molecule has 0 amide bonds. The van der Waals surface area contributed by atoms with Crippen molar-refractivity contribution in [1.29, 1.82) is 10.5 Å². The van der Waals surface area contributed by atoms with E-state index in [-0.39, 0.29) is 47.4 Å². The fourth-order valence-electron chi connectivity index (χ4n) is 5.72. The molecule has 46 heavy (non-hydrogen) atoms. The van der Waals surface area contributed by atoms with Crippen molar-refractivity contribution in [3.05, 3.63) is 76.9 Å². The first-order chi connectivity index (χ1) is 22.2. The van der Waals surface area contributed by atoms with Gasteiger partial charge in [-0.05, 0) is 62.1 Å². The summed E-state index contributed by atoms with van der Waals surface area (Å²) in [4.78, 5) is 27.3. The van der Waals surface area contributed by atoms with Crippen LogP contribution in [0, 0.1) is 39.7 Å². The molecule has 4 heterocycles. The van der Waals surface area contributed by atoms with Crippen LogP contribution in [0.25, 0.3) is 11.2 Å². The number of nitriles is 2. The third-order valence-electron chi connectivity index (χ3n) is 8.47. The van der Waals surface area contributed by atoms with Gasteiger partial charge >= 0.3 is 5.97 Å². The lowest BCUT2D eigenvalue weighted by molar-refractivity contribution is -0.136. The van der Waals surface area contributed by atoms with Gasteiger partial charge in [0.05, 0.1) is 36.4 Å². The first-order valence-corrected chi connectivity index (χ1v) is 15.0. The molecule has 2 fully saturated rings. The maximum atomic E-state index is 14.5.